The van der Waals surface area contributed by atoms with Crippen molar-refractivity contribution in [3.63, 3.8) is 0 Å². The number of carbonyl (C=O) groups is 1. The van der Waals surface area contributed by atoms with Crippen LogP contribution in [0.3, 0.4) is 0 Å². The smallest absolute Gasteiger partial charge is 0.320 e. The average Bonchev–Trinajstić information content (AvgIpc) is 2.95. The molecule has 4 rings (SSSR count). The first kappa shape index (κ1) is 21.6. The first-order chi connectivity index (χ1) is 14.3. The molecule has 2 saturated carbocycles. The third-order valence-electron chi connectivity index (χ3n) is 7.80. The van der Waals surface area contributed by atoms with E-state index in [1.54, 1.807) is 4.90 Å². The number of rotatable bonds is 7. The summed E-state index contributed by atoms with van der Waals surface area (Å²) in [7, 11) is -1.06. The Morgan fingerprint density at radius 1 is 1.10 bits per heavy atom. The Labute approximate surface area is 180 Å². The number of carbonyl (C=O) groups excluding carboxylic acids is 1. The first-order valence-corrected chi connectivity index (χ1v) is 13.3. The van der Waals surface area contributed by atoms with Crippen LogP contribution < -0.4 is 5.32 Å². The van der Waals surface area contributed by atoms with Crippen LogP contribution in [0.15, 0.2) is 30.3 Å². The summed E-state index contributed by atoms with van der Waals surface area (Å²) in [6, 6.07) is 10.7. The first-order valence-electron chi connectivity index (χ1n) is 11.3. The van der Waals surface area contributed by atoms with Crippen molar-refractivity contribution in [2.24, 2.45) is 5.92 Å². The molecule has 30 heavy (non-hydrogen) atoms. The van der Waals surface area contributed by atoms with Gasteiger partial charge >= 0.3 is 6.03 Å². The molecular weight excluding hydrogens is 398 g/mol. The fourth-order valence-corrected chi connectivity index (χ4v) is 6.10. The number of nitrogens with zero attached hydrogens (tertiary/aromatic N) is 2. The van der Waals surface area contributed by atoms with Crippen molar-refractivity contribution in [3.8, 4) is 0 Å². The second-order valence-electron chi connectivity index (χ2n) is 9.66. The molecule has 1 aromatic carbocycles. The van der Waals surface area contributed by atoms with Crippen molar-refractivity contribution in [3.05, 3.63) is 35.9 Å². The molecule has 2 amide bonds. The van der Waals surface area contributed by atoms with Crippen molar-refractivity contribution < 1.29 is 13.2 Å². The van der Waals surface area contributed by atoms with Gasteiger partial charge in [-0.3, -0.25) is 0 Å². The van der Waals surface area contributed by atoms with Crippen molar-refractivity contribution in [1.82, 2.24) is 15.1 Å². The summed E-state index contributed by atoms with van der Waals surface area (Å²) < 4.78 is 23.4. The molecular formula is C23H35N3O3S. The molecule has 0 bridgehead atoms. The van der Waals surface area contributed by atoms with E-state index in [-0.39, 0.29) is 22.9 Å². The number of amides is 2. The summed E-state index contributed by atoms with van der Waals surface area (Å²) in [6.45, 7) is 1.78. The maximum atomic E-state index is 13.3. The lowest BCUT2D eigenvalue weighted by atomic mass is 9.68. The maximum Gasteiger partial charge on any atom is 0.320 e. The number of benzene rings is 1. The van der Waals surface area contributed by atoms with E-state index in [1.807, 2.05) is 13.1 Å². The highest BCUT2D eigenvalue weighted by Crippen LogP contribution is 2.47. The molecule has 1 spiro atoms. The van der Waals surface area contributed by atoms with Crippen LogP contribution in [0.2, 0.25) is 0 Å². The third kappa shape index (κ3) is 4.11. The monoisotopic (exact) mass is 433 g/mol. The topological polar surface area (TPSA) is 69.7 Å². The summed E-state index contributed by atoms with van der Waals surface area (Å²) in [5.74, 6) is 0.641. The van der Waals surface area contributed by atoms with Crippen molar-refractivity contribution in [2.75, 3.05) is 38.7 Å². The highest BCUT2D eigenvalue weighted by Gasteiger charge is 2.54. The van der Waals surface area contributed by atoms with Crippen LogP contribution in [0.1, 0.15) is 50.5 Å². The van der Waals surface area contributed by atoms with E-state index in [4.69, 9.17) is 0 Å². The van der Waals surface area contributed by atoms with Gasteiger partial charge in [-0.25, -0.2) is 13.2 Å². The predicted molar refractivity (Wildman–Crippen MR) is 119 cm³/mol. The molecule has 1 heterocycles. The normalized spacial score (nSPS) is 30.1. The highest BCUT2D eigenvalue weighted by molar-refractivity contribution is 7.90. The molecule has 3 aliphatic rings. The van der Waals surface area contributed by atoms with Gasteiger partial charge in [-0.15, -0.1) is 0 Å². The van der Waals surface area contributed by atoms with Gasteiger partial charge in [0.1, 0.15) is 9.84 Å². The van der Waals surface area contributed by atoms with E-state index >= 15 is 0 Å². The Bertz CT molecular complexity index is 859. The SMILES string of the molecule is CN[C@]1(c2ccccc2)CC[C@@]2(CC1)CN(CCS(C)(=O)=O)C(=O)N2CC1CCC1. The lowest BCUT2D eigenvalue weighted by Gasteiger charge is -2.49. The lowest BCUT2D eigenvalue weighted by molar-refractivity contribution is 0.0585. The zero-order chi connectivity index (χ0) is 21.4. The molecule has 6 nitrogen and oxygen atoms in total. The van der Waals surface area contributed by atoms with Gasteiger partial charge in [-0.1, -0.05) is 36.8 Å². The second kappa shape index (κ2) is 8.15. The van der Waals surface area contributed by atoms with Gasteiger partial charge in [-0.2, -0.15) is 0 Å². The van der Waals surface area contributed by atoms with Crippen molar-refractivity contribution >= 4 is 15.9 Å². The van der Waals surface area contributed by atoms with Gasteiger partial charge in [0.25, 0.3) is 0 Å². The molecule has 166 valence electrons. The summed E-state index contributed by atoms with van der Waals surface area (Å²) in [4.78, 5) is 17.2. The number of hydrogen-bond acceptors (Lipinski definition) is 4. The average molecular weight is 434 g/mol. The molecule has 0 radical (unpaired) electrons. The van der Waals surface area contributed by atoms with Crippen LogP contribution in [0.25, 0.3) is 0 Å². The highest BCUT2D eigenvalue weighted by atomic mass is 32.2. The summed E-state index contributed by atoms with van der Waals surface area (Å²) >= 11 is 0. The fraction of sp³-hybridized carbons (Fsp3) is 0.696. The second-order valence-corrected chi connectivity index (χ2v) is 11.9. The van der Waals surface area contributed by atoms with Gasteiger partial charge in [0.15, 0.2) is 0 Å². The number of urea groups is 1. The number of nitrogens with one attached hydrogen (secondary N) is 1. The van der Waals surface area contributed by atoms with Gasteiger partial charge in [0.2, 0.25) is 0 Å². The minimum atomic E-state index is -3.09. The fourth-order valence-electron chi connectivity index (χ4n) is 5.55. The molecule has 7 heteroatoms. The van der Waals surface area contributed by atoms with Gasteiger partial charge in [0, 0.05) is 31.4 Å². The van der Waals surface area contributed by atoms with Crippen LogP contribution in [0.4, 0.5) is 4.79 Å². The summed E-state index contributed by atoms with van der Waals surface area (Å²) in [5.41, 5.74) is 1.09. The molecule has 1 saturated heterocycles. The quantitative estimate of drug-likeness (QED) is 0.718. The standard InChI is InChI=1S/C23H35N3O3S/c1-24-23(20-9-4-3-5-10-20)13-11-22(12-14-23)18-25(15-16-30(2,28)29)21(27)26(22)17-19-7-6-8-19/h3-5,9-10,19,24H,6-8,11-18H2,1-2H3/t22-,23-. The predicted octanol–water partition coefficient (Wildman–Crippen LogP) is 3.00. The minimum Gasteiger partial charge on any atom is -0.321 e. The molecule has 1 aromatic rings. The summed E-state index contributed by atoms with van der Waals surface area (Å²) in [6.07, 6.45) is 8.74. The van der Waals surface area contributed by atoms with E-state index < -0.39 is 9.84 Å². The third-order valence-corrected chi connectivity index (χ3v) is 8.72. The molecule has 1 aliphatic heterocycles. The van der Waals surface area contributed by atoms with Crippen LogP contribution in [0.5, 0.6) is 0 Å². The molecule has 0 unspecified atom stereocenters. The van der Waals surface area contributed by atoms with E-state index in [0.717, 1.165) is 32.2 Å². The zero-order valence-corrected chi connectivity index (χ0v) is 19.1. The van der Waals surface area contributed by atoms with Gasteiger partial charge in [-0.05, 0) is 57.1 Å². The maximum absolute atomic E-state index is 13.3. The summed E-state index contributed by atoms with van der Waals surface area (Å²) in [5, 5.41) is 3.59. The molecule has 0 aromatic heterocycles. The molecule has 0 atom stereocenters. The van der Waals surface area contributed by atoms with Gasteiger partial charge in [0.05, 0.1) is 11.3 Å². The Morgan fingerprint density at radius 3 is 2.30 bits per heavy atom. The number of sulfone groups is 1. The Morgan fingerprint density at radius 2 is 1.77 bits per heavy atom. The number of hydrogen-bond donors (Lipinski definition) is 1. The Hall–Kier alpha value is -1.60. The van der Waals surface area contributed by atoms with E-state index in [1.165, 1.54) is 31.1 Å². The van der Waals surface area contributed by atoms with Crippen LogP contribution in [0, 0.1) is 5.92 Å². The molecule has 1 N–H and O–H groups in total. The Kier molecular flexibility index (Phi) is 5.88. The van der Waals surface area contributed by atoms with Crippen LogP contribution >= 0.6 is 0 Å². The Balaban J connectivity index is 1.54. The van der Waals surface area contributed by atoms with Crippen molar-refractivity contribution in [1.29, 1.82) is 0 Å². The largest absolute Gasteiger partial charge is 0.321 e. The van der Waals surface area contributed by atoms with Gasteiger partial charge < -0.3 is 15.1 Å². The zero-order valence-electron chi connectivity index (χ0n) is 18.3. The van der Waals surface area contributed by atoms with E-state index in [2.05, 4.69) is 34.5 Å². The lowest BCUT2D eigenvalue weighted by Crippen LogP contribution is -2.56. The minimum absolute atomic E-state index is 0.0383. The van der Waals surface area contributed by atoms with E-state index in [9.17, 15) is 13.2 Å². The molecule has 2 aliphatic carbocycles. The van der Waals surface area contributed by atoms with E-state index in [0.29, 0.717) is 19.0 Å². The van der Waals surface area contributed by atoms with Crippen molar-refractivity contribution in [2.45, 2.75) is 56.0 Å². The van der Waals surface area contributed by atoms with Crippen LogP contribution in [-0.4, -0.2) is 68.5 Å². The molecule has 3 fully saturated rings. The van der Waals surface area contributed by atoms with Crippen LogP contribution in [-0.2, 0) is 15.4 Å².